The highest BCUT2D eigenvalue weighted by atomic mass is 32.2. The van der Waals surface area contributed by atoms with Crippen molar-refractivity contribution in [1.29, 1.82) is 0 Å². The first-order valence-electron chi connectivity index (χ1n) is 16.3. The summed E-state index contributed by atoms with van der Waals surface area (Å²) in [6.45, 7) is 7.84. The molecule has 1 saturated carbocycles. The molecule has 0 atom stereocenters. The molecular weight excluding hydrogens is 605 g/mol. The molecule has 0 saturated heterocycles. The molecule has 0 radical (unpaired) electrons. The van der Waals surface area contributed by atoms with Crippen molar-refractivity contribution in [3.8, 4) is 0 Å². The second-order valence-electron chi connectivity index (χ2n) is 12.2. The smallest absolute Gasteiger partial charge is 0.257 e. The highest BCUT2D eigenvalue weighted by Gasteiger charge is 2.32. The second kappa shape index (κ2) is 15.0. The SMILES string of the molecule is CCCN(CCC)C(=O)c1c(NC(=O)c2ccc(S(=O)(=O)N(C)C3CCCCC3)cc2)sc2c1CCN(Cc1ccccc1)C2. The lowest BCUT2D eigenvalue weighted by Gasteiger charge is -2.30. The van der Waals surface area contributed by atoms with Gasteiger partial charge in [-0.05, 0) is 67.5 Å². The quantitative estimate of drug-likeness (QED) is 0.234. The minimum absolute atomic E-state index is 0.0103. The van der Waals surface area contributed by atoms with Crippen LogP contribution in [-0.4, -0.2) is 67.1 Å². The Labute approximate surface area is 272 Å². The zero-order valence-corrected chi connectivity index (χ0v) is 28.4. The van der Waals surface area contributed by atoms with Gasteiger partial charge in [-0.1, -0.05) is 63.4 Å². The Bertz CT molecular complexity index is 1560. The first kappa shape index (κ1) is 33.3. The van der Waals surface area contributed by atoms with E-state index in [0.29, 0.717) is 35.8 Å². The van der Waals surface area contributed by atoms with Crippen LogP contribution < -0.4 is 5.32 Å². The van der Waals surface area contributed by atoms with Gasteiger partial charge < -0.3 is 10.2 Å². The number of nitrogens with one attached hydrogen (secondary N) is 1. The Kier molecular flexibility index (Phi) is 11.1. The molecule has 2 heterocycles. The standard InChI is InChI=1S/C35H46N4O4S2/c1-4-21-39(22-5-2)35(41)32-30-20-23-38(24-26-12-8-6-9-13-26)25-31(30)44-34(32)36-33(40)27-16-18-29(19-17-27)45(42,43)37(3)28-14-10-7-11-15-28/h6,8-9,12-13,16-19,28H,4-5,7,10-11,14-15,20-25H2,1-3H3,(H,36,40). The van der Waals surface area contributed by atoms with Crippen LogP contribution in [0.25, 0.3) is 0 Å². The molecule has 2 aromatic carbocycles. The van der Waals surface area contributed by atoms with Crippen LogP contribution >= 0.6 is 11.3 Å². The van der Waals surface area contributed by atoms with E-state index in [9.17, 15) is 18.0 Å². The Hall–Kier alpha value is -3.05. The molecule has 2 aliphatic rings. The van der Waals surface area contributed by atoms with Crippen LogP contribution in [0, 0.1) is 0 Å². The van der Waals surface area contributed by atoms with Gasteiger partial charge in [0.2, 0.25) is 10.0 Å². The number of fused-ring (bicyclic) bond motifs is 1. The van der Waals surface area contributed by atoms with Gasteiger partial charge in [-0.15, -0.1) is 11.3 Å². The fourth-order valence-corrected chi connectivity index (χ4v) is 9.21. The van der Waals surface area contributed by atoms with Crippen LogP contribution in [0.4, 0.5) is 5.00 Å². The largest absolute Gasteiger partial charge is 0.339 e. The zero-order valence-electron chi connectivity index (χ0n) is 26.8. The molecule has 5 rings (SSSR count). The molecule has 1 aliphatic carbocycles. The maximum absolute atomic E-state index is 14.0. The van der Waals surface area contributed by atoms with Crippen molar-refractivity contribution >= 4 is 38.2 Å². The van der Waals surface area contributed by atoms with Gasteiger partial charge in [0, 0.05) is 56.3 Å². The summed E-state index contributed by atoms with van der Waals surface area (Å²) in [5.41, 5.74) is 3.24. The van der Waals surface area contributed by atoms with Gasteiger partial charge in [0.1, 0.15) is 5.00 Å². The van der Waals surface area contributed by atoms with Crippen LogP contribution in [0.15, 0.2) is 59.5 Å². The monoisotopic (exact) mass is 650 g/mol. The summed E-state index contributed by atoms with van der Waals surface area (Å²) in [5, 5.41) is 3.63. The number of amides is 2. The molecule has 1 fully saturated rings. The summed E-state index contributed by atoms with van der Waals surface area (Å²) in [4.78, 5) is 33.2. The average Bonchev–Trinajstić information content (AvgIpc) is 3.41. The topological polar surface area (TPSA) is 90.0 Å². The minimum atomic E-state index is -3.66. The van der Waals surface area contributed by atoms with Gasteiger partial charge in [-0.2, -0.15) is 4.31 Å². The number of hydrogen-bond donors (Lipinski definition) is 1. The van der Waals surface area contributed by atoms with Crippen LogP contribution in [0.5, 0.6) is 0 Å². The molecule has 0 unspecified atom stereocenters. The van der Waals surface area contributed by atoms with E-state index in [0.717, 1.165) is 74.9 Å². The predicted molar refractivity (Wildman–Crippen MR) is 181 cm³/mol. The first-order chi connectivity index (χ1) is 21.7. The van der Waals surface area contributed by atoms with E-state index in [1.165, 1.54) is 33.3 Å². The van der Waals surface area contributed by atoms with E-state index in [-0.39, 0.29) is 22.8 Å². The van der Waals surface area contributed by atoms with E-state index in [4.69, 9.17) is 0 Å². The maximum Gasteiger partial charge on any atom is 0.257 e. The van der Waals surface area contributed by atoms with Gasteiger partial charge in [0.05, 0.1) is 10.5 Å². The maximum atomic E-state index is 14.0. The third kappa shape index (κ3) is 7.68. The van der Waals surface area contributed by atoms with E-state index in [2.05, 4.69) is 36.2 Å². The molecule has 2 amide bonds. The van der Waals surface area contributed by atoms with Gasteiger partial charge in [-0.25, -0.2) is 8.42 Å². The molecule has 242 valence electrons. The number of anilines is 1. The molecule has 45 heavy (non-hydrogen) atoms. The number of nitrogens with zero attached hydrogens (tertiary/aromatic N) is 3. The Morgan fingerprint density at radius 3 is 2.27 bits per heavy atom. The summed E-state index contributed by atoms with van der Waals surface area (Å²) in [6, 6.07) is 16.5. The molecule has 10 heteroatoms. The van der Waals surface area contributed by atoms with Crippen LogP contribution in [-0.2, 0) is 29.5 Å². The highest BCUT2D eigenvalue weighted by molar-refractivity contribution is 7.89. The summed E-state index contributed by atoms with van der Waals surface area (Å²) in [7, 11) is -2.00. The molecule has 0 bridgehead atoms. The van der Waals surface area contributed by atoms with Crippen molar-refractivity contribution in [2.45, 2.75) is 89.2 Å². The van der Waals surface area contributed by atoms with Crippen LogP contribution in [0.3, 0.4) is 0 Å². The summed E-state index contributed by atoms with van der Waals surface area (Å²) < 4.78 is 28.2. The minimum Gasteiger partial charge on any atom is -0.339 e. The number of carbonyl (C=O) groups is 2. The first-order valence-corrected chi connectivity index (χ1v) is 18.6. The normalized spacial score (nSPS) is 16.0. The van der Waals surface area contributed by atoms with E-state index >= 15 is 0 Å². The lowest BCUT2D eigenvalue weighted by atomic mass is 9.96. The molecule has 0 spiro atoms. The van der Waals surface area contributed by atoms with Crippen molar-refractivity contribution in [2.75, 3.05) is 32.0 Å². The number of thiophene rings is 1. The molecule has 1 aromatic heterocycles. The number of sulfonamides is 1. The van der Waals surface area contributed by atoms with Crippen molar-refractivity contribution in [3.05, 3.63) is 81.7 Å². The Morgan fingerprint density at radius 1 is 0.956 bits per heavy atom. The van der Waals surface area contributed by atoms with Crippen LogP contribution in [0.2, 0.25) is 0 Å². The third-order valence-corrected chi connectivity index (χ3v) is 12.0. The van der Waals surface area contributed by atoms with Crippen LogP contribution in [0.1, 0.15) is 95.5 Å². The molecule has 1 aliphatic heterocycles. The average molecular weight is 651 g/mol. The number of carbonyl (C=O) groups excluding carboxylic acids is 2. The lowest BCUT2D eigenvalue weighted by Crippen LogP contribution is -2.38. The second-order valence-corrected chi connectivity index (χ2v) is 15.3. The van der Waals surface area contributed by atoms with Gasteiger partial charge in [-0.3, -0.25) is 14.5 Å². The van der Waals surface area contributed by atoms with Gasteiger partial charge >= 0.3 is 0 Å². The van der Waals surface area contributed by atoms with Gasteiger partial charge in [0.15, 0.2) is 0 Å². The summed E-state index contributed by atoms with van der Waals surface area (Å²) >= 11 is 1.48. The molecular formula is C35H46N4O4S2. The predicted octanol–water partition coefficient (Wildman–Crippen LogP) is 6.77. The number of hydrogen-bond acceptors (Lipinski definition) is 6. The van der Waals surface area contributed by atoms with E-state index < -0.39 is 10.0 Å². The fourth-order valence-electron chi connectivity index (χ4n) is 6.52. The lowest BCUT2D eigenvalue weighted by molar-refractivity contribution is 0.0755. The van der Waals surface area contributed by atoms with Crippen molar-refractivity contribution in [3.63, 3.8) is 0 Å². The Morgan fingerprint density at radius 2 is 1.62 bits per heavy atom. The fraction of sp³-hybridized carbons (Fsp3) is 0.486. The summed E-state index contributed by atoms with van der Waals surface area (Å²) in [6.07, 6.45) is 7.43. The van der Waals surface area contributed by atoms with Gasteiger partial charge in [0.25, 0.3) is 11.8 Å². The third-order valence-electron chi connectivity index (χ3n) is 8.98. The highest BCUT2D eigenvalue weighted by Crippen LogP contribution is 2.39. The van der Waals surface area contributed by atoms with E-state index in [1.54, 1.807) is 19.2 Å². The molecule has 3 aromatic rings. The summed E-state index contributed by atoms with van der Waals surface area (Å²) in [5.74, 6) is -0.388. The van der Waals surface area contributed by atoms with Crippen molar-refractivity contribution < 1.29 is 18.0 Å². The van der Waals surface area contributed by atoms with Crippen molar-refractivity contribution in [2.24, 2.45) is 0 Å². The Balaban J connectivity index is 1.38. The molecule has 8 nitrogen and oxygen atoms in total. The van der Waals surface area contributed by atoms with E-state index in [1.807, 2.05) is 23.1 Å². The number of benzene rings is 2. The van der Waals surface area contributed by atoms with Crippen molar-refractivity contribution in [1.82, 2.24) is 14.1 Å². The number of rotatable bonds is 12. The zero-order chi connectivity index (χ0) is 32.0. The molecule has 1 N–H and O–H groups in total.